The van der Waals surface area contributed by atoms with E-state index in [4.69, 9.17) is 9.47 Å². The van der Waals surface area contributed by atoms with Gasteiger partial charge >= 0.3 is 0 Å². The van der Waals surface area contributed by atoms with Crippen molar-refractivity contribution in [1.82, 2.24) is 5.32 Å². The Balaban J connectivity index is 1.79. The zero-order chi connectivity index (χ0) is 18.9. The van der Waals surface area contributed by atoms with Crippen molar-refractivity contribution in [3.8, 4) is 11.5 Å². The van der Waals surface area contributed by atoms with Crippen LogP contribution in [0.4, 0.5) is 10.1 Å². The third-order valence-corrected chi connectivity index (χ3v) is 3.99. The molecule has 0 aromatic heterocycles. The van der Waals surface area contributed by atoms with E-state index in [-0.39, 0.29) is 17.8 Å². The van der Waals surface area contributed by atoms with Crippen molar-refractivity contribution in [2.24, 2.45) is 0 Å². The summed E-state index contributed by atoms with van der Waals surface area (Å²) in [7, 11) is 3.12. The van der Waals surface area contributed by atoms with E-state index in [9.17, 15) is 9.18 Å². The number of hydrogen-bond acceptors (Lipinski definition) is 4. The van der Waals surface area contributed by atoms with Gasteiger partial charge in [0.1, 0.15) is 17.3 Å². The summed E-state index contributed by atoms with van der Waals surface area (Å²) in [6.07, 6.45) is 1.11. The van der Waals surface area contributed by atoms with Gasteiger partial charge < -0.3 is 20.1 Å². The molecule has 5 nitrogen and oxygen atoms in total. The molecule has 2 aromatic rings. The molecule has 0 saturated carbocycles. The van der Waals surface area contributed by atoms with E-state index in [1.165, 1.54) is 12.1 Å². The zero-order valence-electron chi connectivity index (χ0n) is 15.3. The van der Waals surface area contributed by atoms with Crippen LogP contribution in [0.1, 0.15) is 18.9 Å². The molecule has 0 spiro atoms. The molecule has 1 atom stereocenters. The van der Waals surface area contributed by atoms with E-state index in [1.54, 1.807) is 44.6 Å². The summed E-state index contributed by atoms with van der Waals surface area (Å²) in [4.78, 5) is 12.2. The number of ether oxygens (including phenoxy) is 2. The molecule has 2 rings (SSSR count). The van der Waals surface area contributed by atoms with Crippen LogP contribution in [0.2, 0.25) is 0 Å². The van der Waals surface area contributed by atoms with E-state index < -0.39 is 0 Å². The molecule has 26 heavy (non-hydrogen) atoms. The fourth-order valence-electron chi connectivity index (χ4n) is 2.57. The fourth-order valence-corrected chi connectivity index (χ4v) is 2.57. The number of rotatable bonds is 9. The van der Waals surface area contributed by atoms with Crippen LogP contribution in [0.15, 0.2) is 42.5 Å². The summed E-state index contributed by atoms with van der Waals surface area (Å²) in [6.45, 7) is 2.67. The smallest absolute Gasteiger partial charge is 0.226 e. The summed E-state index contributed by atoms with van der Waals surface area (Å²) < 4.78 is 23.3. The van der Waals surface area contributed by atoms with Gasteiger partial charge in [0.05, 0.1) is 19.9 Å². The van der Waals surface area contributed by atoms with Crippen LogP contribution in [0.3, 0.4) is 0 Å². The first-order valence-corrected chi connectivity index (χ1v) is 8.51. The number of halogens is 1. The Morgan fingerprint density at radius 3 is 2.50 bits per heavy atom. The number of anilines is 1. The number of nitrogens with one attached hydrogen (secondary N) is 2. The van der Waals surface area contributed by atoms with Gasteiger partial charge in [-0.3, -0.25) is 4.79 Å². The Kier molecular flexibility index (Phi) is 7.41. The minimum Gasteiger partial charge on any atom is -0.497 e. The van der Waals surface area contributed by atoms with Crippen molar-refractivity contribution in [2.45, 2.75) is 25.8 Å². The lowest BCUT2D eigenvalue weighted by atomic mass is 10.1. The molecule has 1 amide bonds. The van der Waals surface area contributed by atoms with E-state index in [2.05, 4.69) is 10.6 Å². The average Bonchev–Trinajstić information content (AvgIpc) is 2.63. The van der Waals surface area contributed by atoms with Crippen LogP contribution in [0, 0.1) is 5.82 Å². The van der Waals surface area contributed by atoms with Crippen LogP contribution >= 0.6 is 0 Å². The highest BCUT2D eigenvalue weighted by Crippen LogP contribution is 2.29. The second-order valence-corrected chi connectivity index (χ2v) is 6.05. The molecule has 0 radical (unpaired) electrons. The van der Waals surface area contributed by atoms with Crippen molar-refractivity contribution in [3.05, 3.63) is 53.8 Å². The average molecular weight is 360 g/mol. The summed E-state index contributed by atoms with van der Waals surface area (Å²) in [5, 5.41) is 6.16. The van der Waals surface area contributed by atoms with Crippen LogP contribution in [-0.2, 0) is 11.2 Å². The maximum absolute atomic E-state index is 12.9. The maximum atomic E-state index is 12.9. The maximum Gasteiger partial charge on any atom is 0.226 e. The number of methoxy groups -OCH3 is 2. The first-order valence-electron chi connectivity index (χ1n) is 8.51. The SMILES string of the molecule is COc1ccc(NC(=O)CC(C)NCCc2ccc(F)cc2)c(OC)c1. The first kappa shape index (κ1) is 19.7. The van der Waals surface area contributed by atoms with Crippen LogP contribution < -0.4 is 20.1 Å². The lowest BCUT2D eigenvalue weighted by molar-refractivity contribution is -0.116. The topological polar surface area (TPSA) is 59.6 Å². The lowest BCUT2D eigenvalue weighted by Gasteiger charge is -2.15. The monoisotopic (exact) mass is 360 g/mol. The van der Waals surface area contributed by atoms with Gasteiger partial charge in [-0.05, 0) is 49.7 Å². The van der Waals surface area contributed by atoms with E-state index in [0.29, 0.717) is 30.2 Å². The molecule has 1 unspecified atom stereocenters. The summed E-state index contributed by atoms with van der Waals surface area (Å²) in [6, 6.07) is 11.7. The molecule has 0 aliphatic heterocycles. The lowest BCUT2D eigenvalue weighted by Crippen LogP contribution is -2.32. The summed E-state index contributed by atoms with van der Waals surface area (Å²) >= 11 is 0. The van der Waals surface area contributed by atoms with Crippen LogP contribution in [0.5, 0.6) is 11.5 Å². The predicted octanol–water partition coefficient (Wildman–Crippen LogP) is 3.39. The Morgan fingerprint density at radius 1 is 1.12 bits per heavy atom. The highest BCUT2D eigenvalue weighted by atomic mass is 19.1. The van der Waals surface area contributed by atoms with Crippen molar-refractivity contribution in [2.75, 3.05) is 26.1 Å². The molecule has 0 fully saturated rings. The highest BCUT2D eigenvalue weighted by molar-refractivity contribution is 5.92. The molecule has 0 saturated heterocycles. The van der Waals surface area contributed by atoms with Gasteiger partial charge in [0.2, 0.25) is 5.91 Å². The Morgan fingerprint density at radius 2 is 1.85 bits per heavy atom. The first-order chi connectivity index (χ1) is 12.5. The van der Waals surface area contributed by atoms with Crippen LogP contribution in [0.25, 0.3) is 0 Å². The molecule has 0 heterocycles. The molecule has 0 aliphatic carbocycles. The quantitative estimate of drug-likeness (QED) is 0.720. The third-order valence-electron chi connectivity index (χ3n) is 3.99. The number of amides is 1. The van der Waals surface area contributed by atoms with E-state index in [0.717, 1.165) is 12.0 Å². The number of hydrogen-bond donors (Lipinski definition) is 2. The summed E-state index contributed by atoms with van der Waals surface area (Å²) in [5.41, 5.74) is 1.66. The zero-order valence-corrected chi connectivity index (χ0v) is 15.3. The van der Waals surface area contributed by atoms with Gasteiger partial charge in [-0.25, -0.2) is 4.39 Å². The molecular weight excluding hydrogens is 335 g/mol. The molecular formula is C20H25FN2O3. The van der Waals surface area contributed by atoms with Gasteiger partial charge in [0.15, 0.2) is 0 Å². The largest absolute Gasteiger partial charge is 0.497 e. The van der Waals surface area contributed by atoms with E-state index in [1.807, 2.05) is 6.92 Å². The van der Waals surface area contributed by atoms with Gasteiger partial charge in [-0.15, -0.1) is 0 Å². The second kappa shape index (κ2) is 9.77. The van der Waals surface area contributed by atoms with Gasteiger partial charge in [-0.2, -0.15) is 0 Å². The molecule has 2 N–H and O–H groups in total. The molecule has 0 aliphatic rings. The molecule has 2 aromatic carbocycles. The minimum atomic E-state index is -0.235. The molecule has 6 heteroatoms. The van der Waals surface area contributed by atoms with Crippen molar-refractivity contribution < 1.29 is 18.7 Å². The Hall–Kier alpha value is -2.60. The minimum absolute atomic E-state index is 0.0136. The predicted molar refractivity (Wildman–Crippen MR) is 100 cm³/mol. The fraction of sp³-hybridized carbons (Fsp3) is 0.350. The number of carbonyl (C=O) groups is 1. The van der Waals surface area contributed by atoms with E-state index >= 15 is 0 Å². The standard InChI is InChI=1S/C20H25FN2O3/c1-14(22-11-10-15-4-6-16(21)7-5-15)12-20(24)23-18-9-8-17(25-2)13-19(18)26-3/h4-9,13-14,22H,10-12H2,1-3H3,(H,23,24). The summed E-state index contributed by atoms with van der Waals surface area (Å²) in [5.74, 6) is 0.876. The molecule has 0 bridgehead atoms. The van der Waals surface area contributed by atoms with Crippen LogP contribution in [-0.4, -0.2) is 32.7 Å². The number of benzene rings is 2. The second-order valence-electron chi connectivity index (χ2n) is 6.05. The Labute approximate surface area is 153 Å². The normalized spacial score (nSPS) is 11.7. The van der Waals surface area contributed by atoms with Gasteiger partial charge in [0, 0.05) is 18.5 Å². The van der Waals surface area contributed by atoms with Crippen molar-refractivity contribution in [3.63, 3.8) is 0 Å². The highest BCUT2D eigenvalue weighted by Gasteiger charge is 2.12. The van der Waals surface area contributed by atoms with Gasteiger partial charge in [0.25, 0.3) is 0 Å². The third kappa shape index (κ3) is 6.04. The molecule has 140 valence electrons. The van der Waals surface area contributed by atoms with Crippen molar-refractivity contribution in [1.29, 1.82) is 0 Å². The van der Waals surface area contributed by atoms with Gasteiger partial charge in [-0.1, -0.05) is 12.1 Å². The Bertz CT molecular complexity index is 719. The van der Waals surface area contributed by atoms with Crippen molar-refractivity contribution >= 4 is 11.6 Å². The number of carbonyl (C=O) groups excluding carboxylic acids is 1.